The van der Waals surface area contributed by atoms with Crippen LogP contribution in [0.2, 0.25) is 0 Å². The molecule has 1 aromatic carbocycles. The maximum Gasteiger partial charge on any atom is 0.226 e. The van der Waals surface area contributed by atoms with E-state index in [9.17, 15) is 4.79 Å². The quantitative estimate of drug-likeness (QED) is 0.923. The average molecular weight is 284 g/mol. The van der Waals surface area contributed by atoms with Gasteiger partial charge < -0.3 is 10.6 Å². The molecule has 112 valence electrons. The van der Waals surface area contributed by atoms with E-state index in [1.54, 1.807) is 0 Å². The highest BCUT2D eigenvalue weighted by Gasteiger charge is 2.67. The number of fused-ring (bicyclic) bond motifs is 5. The molecule has 3 aliphatic rings. The number of benzene rings is 1. The van der Waals surface area contributed by atoms with Crippen molar-refractivity contribution in [3.05, 3.63) is 35.4 Å². The first-order valence-electron chi connectivity index (χ1n) is 8.22. The van der Waals surface area contributed by atoms with Crippen molar-refractivity contribution in [1.29, 1.82) is 0 Å². The lowest BCUT2D eigenvalue weighted by Crippen LogP contribution is -2.30. The molecule has 4 atom stereocenters. The van der Waals surface area contributed by atoms with Crippen LogP contribution in [-0.2, 0) is 17.9 Å². The zero-order valence-electron chi connectivity index (χ0n) is 12.7. The fourth-order valence-corrected chi connectivity index (χ4v) is 5.15. The van der Waals surface area contributed by atoms with Gasteiger partial charge in [-0.2, -0.15) is 0 Å². The molecule has 21 heavy (non-hydrogen) atoms. The van der Waals surface area contributed by atoms with Crippen molar-refractivity contribution in [3.63, 3.8) is 0 Å². The average Bonchev–Trinajstić information content (AvgIpc) is 2.93. The minimum absolute atomic E-state index is 0.339. The molecule has 0 heterocycles. The highest BCUT2D eigenvalue weighted by Crippen LogP contribution is 2.69. The Morgan fingerprint density at radius 2 is 1.81 bits per heavy atom. The van der Waals surface area contributed by atoms with E-state index in [0.717, 1.165) is 29.2 Å². The van der Waals surface area contributed by atoms with Crippen LogP contribution in [0.1, 0.15) is 30.4 Å². The third-order valence-corrected chi connectivity index (χ3v) is 6.14. The fourth-order valence-electron chi connectivity index (χ4n) is 5.15. The number of nitrogens with two attached hydrogens (primary N) is 1. The summed E-state index contributed by atoms with van der Waals surface area (Å²) in [5.74, 6) is 3.88. The van der Waals surface area contributed by atoms with Crippen LogP contribution in [0.15, 0.2) is 24.3 Å². The standard InChI is InChI=1S/C18H24N2O/c1-20(10-14-5-3-2-4-13(14)9-19)18(21)17-15-11-6-7-12(8-11)16(15)17/h2-5,11-12,15-17H,6-10,19H2,1H3. The first kappa shape index (κ1) is 13.3. The minimum Gasteiger partial charge on any atom is -0.341 e. The van der Waals surface area contributed by atoms with E-state index >= 15 is 0 Å². The van der Waals surface area contributed by atoms with E-state index in [1.807, 2.05) is 24.1 Å². The summed E-state index contributed by atoms with van der Waals surface area (Å²) in [5, 5.41) is 0. The molecule has 2 bridgehead atoms. The molecular formula is C18H24N2O. The van der Waals surface area contributed by atoms with Crippen molar-refractivity contribution in [1.82, 2.24) is 4.90 Å². The SMILES string of the molecule is CN(Cc1ccccc1CN)C(=O)C1C2C3CCC(C3)C12. The molecule has 1 aromatic rings. The number of carbonyl (C=O) groups is 1. The van der Waals surface area contributed by atoms with Gasteiger partial charge in [0.25, 0.3) is 0 Å². The maximum atomic E-state index is 12.7. The molecule has 4 unspecified atom stereocenters. The van der Waals surface area contributed by atoms with Crippen molar-refractivity contribution < 1.29 is 4.79 Å². The first-order chi connectivity index (χ1) is 10.2. The predicted molar refractivity (Wildman–Crippen MR) is 82.1 cm³/mol. The lowest BCUT2D eigenvalue weighted by molar-refractivity contribution is -0.132. The van der Waals surface area contributed by atoms with E-state index in [1.165, 1.54) is 24.8 Å². The Morgan fingerprint density at radius 1 is 1.19 bits per heavy atom. The summed E-state index contributed by atoms with van der Waals surface area (Å²) in [7, 11) is 1.95. The van der Waals surface area contributed by atoms with Crippen molar-refractivity contribution in [2.24, 2.45) is 35.3 Å². The highest BCUT2D eigenvalue weighted by atomic mass is 16.2. The van der Waals surface area contributed by atoms with Gasteiger partial charge in [-0.05, 0) is 54.1 Å². The Kier molecular flexibility index (Phi) is 3.07. The molecule has 3 saturated carbocycles. The number of nitrogens with zero attached hydrogens (tertiary/aromatic N) is 1. The zero-order chi connectivity index (χ0) is 14.6. The summed E-state index contributed by atoms with van der Waals surface area (Å²) in [6.07, 6.45) is 4.14. The smallest absolute Gasteiger partial charge is 0.226 e. The van der Waals surface area contributed by atoms with Crippen LogP contribution in [0.3, 0.4) is 0 Å². The number of amides is 1. The van der Waals surface area contributed by atoms with E-state index in [2.05, 4.69) is 12.1 Å². The number of hydrogen-bond acceptors (Lipinski definition) is 2. The molecule has 1 amide bonds. The number of carbonyl (C=O) groups excluding carboxylic acids is 1. The van der Waals surface area contributed by atoms with Crippen LogP contribution >= 0.6 is 0 Å². The van der Waals surface area contributed by atoms with Crippen molar-refractivity contribution in [3.8, 4) is 0 Å². The van der Waals surface area contributed by atoms with Crippen LogP contribution in [0.4, 0.5) is 0 Å². The summed E-state index contributed by atoms with van der Waals surface area (Å²) < 4.78 is 0. The molecule has 0 aliphatic heterocycles. The Labute approximate surface area is 126 Å². The first-order valence-corrected chi connectivity index (χ1v) is 8.22. The maximum absolute atomic E-state index is 12.7. The Bertz CT molecular complexity index is 554. The Hall–Kier alpha value is -1.35. The third-order valence-electron chi connectivity index (χ3n) is 6.14. The van der Waals surface area contributed by atoms with Crippen LogP contribution in [0.25, 0.3) is 0 Å². The van der Waals surface area contributed by atoms with Crippen molar-refractivity contribution in [2.45, 2.75) is 32.4 Å². The van der Waals surface area contributed by atoms with Crippen LogP contribution < -0.4 is 5.73 Å². The number of rotatable bonds is 4. The zero-order valence-corrected chi connectivity index (χ0v) is 12.7. The predicted octanol–water partition coefficient (Wildman–Crippen LogP) is 2.40. The monoisotopic (exact) mass is 284 g/mol. The third kappa shape index (κ3) is 2.02. The molecule has 4 rings (SSSR count). The Morgan fingerprint density at radius 3 is 2.43 bits per heavy atom. The van der Waals surface area contributed by atoms with Gasteiger partial charge in [-0.1, -0.05) is 24.3 Å². The van der Waals surface area contributed by atoms with Gasteiger partial charge in [-0.25, -0.2) is 0 Å². The van der Waals surface area contributed by atoms with Gasteiger partial charge in [0.15, 0.2) is 0 Å². The fraction of sp³-hybridized carbons (Fsp3) is 0.611. The largest absolute Gasteiger partial charge is 0.341 e. The van der Waals surface area contributed by atoms with Crippen molar-refractivity contribution >= 4 is 5.91 Å². The second-order valence-electron chi connectivity index (χ2n) is 7.18. The van der Waals surface area contributed by atoms with E-state index in [4.69, 9.17) is 5.73 Å². The summed E-state index contributed by atoms with van der Waals surface area (Å²) in [5.41, 5.74) is 8.12. The van der Waals surface area contributed by atoms with Gasteiger partial charge in [-0.15, -0.1) is 0 Å². The molecular weight excluding hydrogens is 260 g/mol. The molecule has 3 fully saturated rings. The minimum atomic E-state index is 0.339. The molecule has 3 nitrogen and oxygen atoms in total. The molecule has 3 heteroatoms. The van der Waals surface area contributed by atoms with E-state index < -0.39 is 0 Å². The lowest BCUT2D eigenvalue weighted by Gasteiger charge is -2.20. The normalized spacial score (nSPS) is 35.6. The van der Waals surface area contributed by atoms with Gasteiger partial charge >= 0.3 is 0 Å². The van der Waals surface area contributed by atoms with Crippen LogP contribution in [0.5, 0.6) is 0 Å². The van der Waals surface area contributed by atoms with Gasteiger partial charge in [0.2, 0.25) is 5.91 Å². The molecule has 0 saturated heterocycles. The van der Waals surface area contributed by atoms with Crippen molar-refractivity contribution in [2.75, 3.05) is 7.05 Å². The summed E-state index contributed by atoms with van der Waals surface area (Å²) >= 11 is 0. The van der Waals surface area contributed by atoms with Gasteiger partial charge in [0.1, 0.15) is 0 Å². The molecule has 3 aliphatic carbocycles. The second-order valence-corrected chi connectivity index (χ2v) is 7.18. The van der Waals surface area contributed by atoms with E-state index in [-0.39, 0.29) is 0 Å². The van der Waals surface area contributed by atoms with E-state index in [0.29, 0.717) is 24.9 Å². The summed E-state index contributed by atoms with van der Waals surface area (Å²) in [6, 6.07) is 8.18. The van der Waals surface area contributed by atoms with Crippen LogP contribution in [-0.4, -0.2) is 17.9 Å². The highest BCUT2D eigenvalue weighted by molar-refractivity contribution is 5.82. The summed E-state index contributed by atoms with van der Waals surface area (Å²) in [4.78, 5) is 14.7. The Balaban J connectivity index is 1.44. The van der Waals surface area contributed by atoms with Crippen LogP contribution in [0, 0.1) is 29.6 Å². The lowest BCUT2D eigenvalue weighted by atomic mass is 10.0. The van der Waals surface area contributed by atoms with Gasteiger partial charge in [0.05, 0.1) is 0 Å². The number of hydrogen-bond donors (Lipinski definition) is 1. The summed E-state index contributed by atoms with van der Waals surface area (Å²) in [6.45, 7) is 1.23. The molecule has 0 radical (unpaired) electrons. The van der Waals surface area contributed by atoms with Gasteiger partial charge in [-0.3, -0.25) is 4.79 Å². The topological polar surface area (TPSA) is 46.3 Å². The molecule has 0 spiro atoms. The molecule has 2 N–H and O–H groups in total. The molecule has 0 aromatic heterocycles. The van der Waals surface area contributed by atoms with Gasteiger partial charge in [0, 0.05) is 26.1 Å². The second kappa shape index (κ2) is 4.84.